The van der Waals surface area contributed by atoms with Gasteiger partial charge in [0, 0.05) is 13.6 Å². The van der Waals surface area contributed by atoms with E-state index in [4.69, 9.17) is 5.11 Å². The Labute approximate surface area is 106 Å². The number of aryl methyl sites for hydroxylation is 1. The molecular formula is C11H16N2O4S. The molecule has 1 aromatic rings. The summed E-state index contributed by atoms with van der Waals surface area (Å²) in [4.78, 5) is 10.6. The number of benzene rings is 1. The van der Waals surface area contributed by atoms with Crippen LogP contribution in [0.25, 0.3) is 0 Å². The van der Waals surface area contributed by atoms with Gasteiger partial charge < -0.3 is 5.11 Å². The van der Waals surface area contributed by atoms with Crippen LogP contribution in [0.4, 0.5) is 5.69 Å². The fourth-order valence-electron chi connectivity index (χ4n) is 1.52. The number of nitrogens with one attached hydrogen (secondary N) is 1. The Kier molecular flexibility index (Phi) is 4.69. The third-order valence-electron chi connectivity index (χ3n) is 2.46. The fourth-order valence-corrected chi connectivity index (χ4v) is 2.54. The molecule has 1 rings (SSSR count). The van der Waals surface area contributed by atoms with Gasteiger partial charge in [0.05, 0.1) is 12.1 Å². The molecule has 0 heterocycles. The summed E-state index contributed by atoms with van der Waals surface area (Å²) in [6, 6.07) is 6.92. The van der Waals surface area contributed by atoms with Gasteiger partial charge >= 0.3 is 16.2 Å². The number of carboxylic acids is 1. The molecule has 0 saturated heterocycles. The van der Waals surface area contributed by atoms with E-state index < -0.39 is 16.2 Å². The average Bonchev–Trinajstić information content (AvgIpc) is 2.31. The molecule has 2 N–H and O–H groups in total. The number of anilines is 1. The molecule has 0 spiro atoms. The summed E-state index contributed by atoms with van der Waals surface area (Å²) >= 11 is 0. The molecule has 7 heteroatoms. The molecule has 0 unspecified atom stereocenters. The highest BCUT2D eigenvalue weighted by Gasteiger charge is 2.22. The molecule has 100 valence electrons. The molecule has 0 aliphatic heterocycles. The summed E-state index contributed by atoms with van der Waals surface area (Å²) in [6.07, 6.45) is -0.255. The Morgan fingerprint density at radius 1 is 1.39 bits per heavy atom. The fraction of sp³-hybridized carbons (Fsp3) is 0.364. The highest BCUT2D eigenvalue weighted by molar-refractivity contribution is 7.90. The number of carbonyl (C=O) groups is 1. The average molecular weight is 272 g/mol. The monoisotopic (exact) mass is 272 g/mol. The van der Waals surface area contributed by atoms with Gasteiger partial charge in [0.15, 0.2) is 0 Å². The largest absolute Gasteiger partial charge is 0.481 e. The first kappa shape index (κ1) is 14.5. The maximum atomic E-state index is 11.9. The van der Waals surface area contributed by atoms with E-state index in [2.05, 4.69) is 4.72 Å². The molecule has 0 fully saturated rings. The van der Waals surface area contributed by atoms with Gasteiger partial charge in [-0.25, -0.2) is 4.72 Å². The zero-order chi connectivity index (χ0) is 13.8. The number of para-hydroxylation sites is 1. The normalized spacial score (nSPS) is 11.2. The molecule has 0 saturated carbocycles. The Morgan fingerprint density at radius 2 is 2.00 bits per heavy atom. The molecule has 0 radical (unpaired) electrons. The number of nitrogens with zero attached hydrogens (tertiary/aromatic N) is 1. The van der Waals surface area contributed by atoms with Crippen molar-refractivity contribution in [1.29, 1.82) is 0 Å². The molecule has 1 aromatic carbocycles. The molecule has 0 bridgehead atoms. The minimum absolute atomic E-state index is 0.108. The van der Waals surface area contributed by atoms with Crippen LogP contribution in [0.15, 0.2) is 24.3 Å². The maximum Gasteiger partial charge on any atom is 0.305 e. The lowest BCUT2D eigenvalue weighted by atomic mass is 10.2. The Hall–Kier alpha value is -1.60. The summed E-state index contributed by atoms with van der Waals surface area (Å²) in [5.41, 5.74) is 1.25. The Balaban J connectivity index is 3.13. The van der Waals surface area contributed by atoms with E-state index in [1.165, 1.54) is 7.05 Å². The third-order valence-corrected chi connectivity index (χ3v) is 3.94. The number of hydrogen-bond donors (Lipinski definition) is 2. The smallest absolute Gasteiger partial charge is 0.305 e. The van der Waals surface area contributed by atoms with Crippen molar-refractivity contribution in [3.63, 3.8) is 0 Å². The highest BCUT2D eigenvalue weighted by Crippen LogP contribution is 2.21. The standard InChI is InChI=1S/C11H16N2O4S/c1-9-5-3-4-6-10(9)13(8-7-11(14)15)18(16,17)12-2/h3-6,12H,7-8H2,1-2H3,(H,14,15). The number of aliphatic carboxylic acids is 1. The van der Waals surface area contributed by atoms with Gasteiger partial charge in [-0.3, -0.25) is 9.10 Å². The summed E-state index contributed by atoms with van der Waals surface area (Å²) in [5.74, 6) is -1.04. The summed E-state index contributed by atoms with van der Waals surface area (Å²) < 4.78 is 27.0. The minimum Gasteiger partial charge on any atom is -0.481 e. The van der Waals surface area contributed by atoms with Crippen LogP contribution in [0.1, 0.15) is 12.0 Å². The second-order valence-electron chi connectivity index (χ2n) is 3.71. The SMILES string of the molecule is CNS(=O)(=O)N(CCC(=O)O)c1ccccc1C. The van der Waals surface area contributed by atoms with Crippen LogP contribution >= 0.6 is 0 Å². The van der Waals surface area contributed by atoms with E-state index in [1.54, 1.807) is 31.2 Å². The maximum absolute atomic E-state index is 11.9. The predicted molar refractivity (Wildman–Crippen MR) is 68.8 cm³/mol. The second-order valence-corrected chi connectivity index (χ2v) is 5.51. The van der Waals surface area contributed by atoms with Gasteiger partial charge in [0.1, 0.15) is 0 Å². The van der Waals surface area contributed by atoms with E-state index in [0.717, 1.165) is 9.87 Å². The van der Waals surface area contributed by atoms with Crippen molar-refractivity contribution in [2.45, 2.75) is 13.3 Å². The van der Waals surface area contributed by atoms with E-state index in [0.29, 0.717) is 5.69 Å². The van der Waals surface area contributed by atoms with Crippen LogP contribution in [-0.2, 0) is 15.0 Å². The van der Waals surface area contributed by atoms with E-state index in [-0.39, 0.29) is 13.0 Å². The Morgan fingerprint density at radius 3 is 2.50 bits per heavy atom. The second kappa shape index (κ2) is 5.83. The number of carboxylic acid groups (broad SMARTS) is 1. The van der Waals surface area contributed by atoms with Gasteiger partial charge in [-0.05, 0) is 18.6 Å². The molecule has 6 nitrogen and oxygen atoms in total. The van der Waals surface area contributed by atoms with Gasteiger partial charge in [-0.2, -0.15) is 8.42 Å². The Bertz CT molecular complexity index is 528. The topological polar surface area (TPSA) is 86.7 Å². The lowest BCUT2D eigenvalue weighted by molar-refractivity contribution is -0.136. The lowest BCUT2D eigenvalue weighted by Gasteiger charge is -2.24. The van der Waals surface area contributed by atoms with Crippen LogP contribution in [0.5, 0.6) is 0 Å². The number of rotatable bonds is 6. The van der Waals surface area contributed by atoms with Crippen molar-refractivity contribution in [2.24, 2.45) is 0 Å². The quantitative estimate of drug-likeness (QED) is 0.799. The molecular weight excluding hydrogens is 256 g/mol. The van der Waals surface area contributed by atoms with Crippen molar-refractivity contribution in [2.75, 3.05) is 17.9 Å². The van der Waals surface area contributed by atoms with Crippen molar-refractivity contribution in [3.05, 3.63) is 29.8 Å². The predicted octanol–water partition coefficient (Wildman–Crippen LogP) is 0.740. The third kappa shape index (κ3) is 3.44. The first-order valence-electron chi connectivity index (χ1n) is 5.37. The van der Waals surface area contributed by atoms with Crippen LogP contribution in [-0.4, -0.2) is 33.1 Å². The lowest BCUT2D eigenvalue weighted by Crippen LogP contribution is -2.40. The van der Waals surface area contributed by atoms with Crippen molar-refractivity contribution in [1.82, 2.24) is 4.72 Å². The molecule has 0 aromatic heterocycles. The van der Waals surface area contributed by atoms with E-state index in [1.807, 2.05) is 0 Å². The summed E-state index contributed by atoms with van der Waals surface area (Å²) in [6.45, 7) is 1.66. The van der Waals surface area contributed by atoms with Gasteiger partial charge in [-0.1, -0.05) is 18.2 Å². The van der Waals surface area contributed by atoms with Crippen LogP contribution in [0.3, 0.4) is 0 Å². The first-order chi connectivity index (χ1) is 8.38. The van der Waals surface area contributed by atoms with Crippen LogP contribution in [0, 0.1) is 6.92 Å². The molecule has 0 atom stereocenters. The summed E-state index contributed by atoms with van der Waals surface area (Å²) in [5, 5.41) is 8.68. The highest BCUT2D eigenvalue weighted by atomic mass is 32.2. The van der Waals surface area contributed by atoms with E-state index >= 15 is 0 Å². The van der Waals surface area contributed by atoms with E-state index in [9.17, 15) is 13.2 Å². The van der Waals surface area contributed by atoms with Crippen molar-refractivity contribution in [3.8, 4) is 0 Å². The van der Waals surface area contributed by atoms with Gasteiger partial charge in [0.2, 0.25) is 0 Å². The van der Waals surface area contributed by atoms with Crippen LogP contribution in [0.2, 0.25) is 0 Å². The minimum atomic E-state index is -3.71. The van der Waals surface area contributed by atoms with Crippen LogP contribution < -0.4 is 9.03 Å². The summed E-state index contributed by atoms with van der Waals surface area (Å²) in [7, 11) is -2.42. The van der Waals surface area contributed by atoms with Gasteiger partial charge in [0.25, 0.3) is 0 Å². The zero-order valence-corrected chi connectivity index (χ0v) is 11.1. The molecule has 0 amide bonds. The van der Waals surface area contributed by atoms with Crippen molar-refractivity contribution >= 4 is 21.9 Å². The zero-order valence-electron chi connectivity index (χ0n) is 10.3. The number of hydrogen-bond acceptors (Lipinski definition) is 3. The van der Waals surface area contributed by atoms with Crippen molar-refractivity contribution < 1.29 is 18.3 Å². The molecule has 0 aliphatic carbocycles. The molecule has 18 heavy (non-hydrogen) atoms. The van der Waals surface area contributed by atoms with Gasteiger partial charge in [-0.15, -0.1) is 0 Å². The first-order valence-corrected chi connectivity index (χ1v) is 6.81. The molecule has 0 aliphatic rings.